The third-order valence-electron chi connectivity index (χ3n) is 4.17. The Bertz CT molecular complexity index is 646. The van der Waals surface area contributed by atoms with Crippen molar-refractivity contribution < 1.29 is 9.47 Å². The van der Waals surface area contributed by atoms with Crippen molar-refractivity contribution in [2.75, 3.05) is 26.8 Å². The largest absolute Gasteiger partial charge is 0.345 e. The van der Waals surface area contributed by atoms with Gasteiger partial charge in [-0.1, -0.05) is 12.1 Å². The molecular weight excluding hydrogens is 282 g/mol. The van der Waals surface area contributed by atoms with Crippen molar-refractivity contribution in [1.82, 2.24) is 4.90 Å². The summed E-state index contributed by atoms with van der Waals surface area (Å²) in [6.45, 7) is 3.61. The Labute approximate surface area is 129 Å². The van der Waals surface area contributed by atoms with E-state index in [1.165, 1.54) is 26.4 Å². The normalized spacial score (nSPS) is 19.9. The predicted octanol–water partition coefficient (Wildman–Crippen LogP) is 3.45. The van der Waals surface area contributed by atoms with Crippen LogP contribution < -0.4 is 0 Å². The fourth-order valence-corrected chi connectivity index (χ4v) is 4.01. The third kappa shape index (κ3) is 2.64. The molecule has 1 saturated heterocycles. The van der Waals surface area contributed by atoms with E-state index in [1.54, 1.807) is 11.3 Å². The molecule has 4 heteroatoms. The van der Waals surface area contributed by atoms with E-state index in [0.29, 0.717) is 13.2 Å². The summed E-state index contributed by atoms with van der Waals surface area (Å²) >= 11 is 1.77. The lowest BCUT2D eigenvalue weighted by atomic mass is 9.97. The van der Waals surface area contributed by atoms with Gasteiger partial charge in [0.25, 0.3) is 0 Å². The van der Waals surface area contributed by atoms with E-state index in [4.69, 9.17) is 9.47 Å². The van der Waals surface area contributed by atoms with Crippen LogP contribution in [0, 0.1) is 0 Å². The van der Waals surface area contributed by atoms with Crippen LogP contribution in [0.4, 0.5) is 0 Å². The van der Waals surface area contributed by atoms with Crippen LogP contribution in [0.15, 0.2) is 30.3 Å². The highest BCUT2D eigenvalue weighted by Crippen LogP contribution is 2.36. The number of nitrogens with zero attached hydrogens (tertiary/aromatic N) is 1. The highest BCUT2D eigenvalue weighted by molar-refractivity contribution is 7.15. The fraction of sp³-hybridized carbons (Fsp3) is 0.412. The fourth-order valence-electron chi connectivity index (χ4n) is 3.00. The van der Waals surface area contributed by atoms with Crippen LogP contribution in [0.1, 0.15) is 22.3 Å². The highest BCUT2D eigenvalue weighted by Gasteiger charge is 2.21. The SMILES string of the molecule is CN1CCc2cc(-c3ccc(C4OCCO4)s3)ccc2C1. The molecule has 0 atom stereocenters. The summed E-state index contributed by atoms with van der Waals surface area (Å²) in [4.78, 5) is 4.84. The first-order valence-corrected chi connectivity index (χ1v) is 8.25. The van der Waals surface area contributed by atoms with Crippen LogP contribution in [0.25, 0.3) is 10.4 Å². The zero-order valence-electron chi connectivity index (χ0n) is 12.2. The quantitative estimate of drug-likeness (QED) is 0.848. The maximum absolute atomic E-state index is 5.57. The lowest BCUT2D eigenvalue weighted by molar-refractivity contribution is -0.0413. The first kappa shape index (κ1) is 13.5. The molecule has 0 N–H and O–H groups in total. The molecule has 0 spiro atoms. The first-order valence-electron chi connectivity index (χ1n) is 7.43. The molecule has 4 rings (SSSR count). The zero-order chi connectivity index (χ0) is 14.2. The summed E-state index contributed by atoms with van der Waals surface area (Å²) in [5.74, 6) is 0. The molecule has 0 saturated carbocycles. The maximum atomic E-state index is 5.57. The molecule has 21 heavy (non-hydrogen) atoms. The molecule has 2 aliphatic rings. The predicted molar refractivity (Wildman–Crippen MR) is 84.4 cm³/mol. The van der Waals surface area contributed by atoms with Gasteiger partial charge in [0.05, 0.1) is 18.1 Å². The van der Waals surface area contributed by atoms with Gasteiger partial charge in [-0.25, -0.2) is 0 Å². The molecule has 0 amide bonds. The van der Waals surface area contributed by atoms with Crippen LogP contribution in [0.3, 0.4) is 0 Å². The Kier molecular flexibility index (Phi) is 3.55. The minimum atomic E-state index is -0.157. The van der Waals surface area contributed by atoms with E-state index in [9.17, 15) is 0 Å². The molecule has 0 aliphatic carbocycles. The van der Waals surface area contributed by atoms with Gasteiger partial charge in [0.2, 0.25) is 0 Å². The van der Waals surface area contributed by atoms with Crippen molar-refractivity contribution in [3.05, 3.63) is 46.3 Å². The first-order chi connectivity index (χ1) is 10.3. The van der Waals surface area contributed by atoms with Crippen molar-refractivity contribution in [3.8, 4) is 10.4 Å². The molecule has 2 aromatic rings. The number of hydrogen-bond acceptors (Lipinski definition) is 4. The summed E-state index contributed by atoms with van der Waals surface area (Å²) < 4.78 is 11.1. The lowest BCUT2D eigenvalue weighted by Crippen LogP contribution is -2.26. The van der Waals surface area contributed by atoms with E-state index in [-0.39, 0.29) is 6.29 Å². The number of thiophene rings is 1. The molecule has 110 valence electrons. The van der Waals surface area contributed by atoms with E-state index < -0.39 is 0 Å². The Hall–Kier alpha value is -1.20. The van der Waals surface area contributed by atoms with Gasteiger partial charge in [0.1, 0.15) is 0 Å². The number of hydrogen-bond donors (Lipinski definition) is 0. The summed E-state index contributed by atoms with van der Waals surface area (Å²) in [6.07, 6.45) is 0.988. The van der Waals surface area contributed by atoms with Gasteiger partial charge in [0.15, 0.2) is 6.29 Å². The molecule has 0 bridgehead atoms. The average Bonchev–Trinajstić information content (AvgIpc) is 3.17. The van der Waals surface area contributed by atoms with E-state index in [1.807, 2.05) is 0 Å². The monoisotopic (exact) mass is 301 g/mol. The maximum Gasteiger partial charge on any atom is 0.193 e. The van der Waals surface area contributed by atoms with Gasteiger partial charge >= 0.3 is 0 Å². The van der Waals surface area contributed by atoms with Crippen LogP contribution >= 0.6 is 11.3 Å². The molecule has 3 nitrogen and oxygen atoms in total. The number of fused-ring (bicyclic) bond motifs is 1. The number of benzene rings is 1. The Morgan fingerprint density at radius 1 is 1.10 bits per heavy atom. The van der Waals surface area contributed by atoms with Gasteiger partial charge in [0, 0.05) is 18.0 Å². The van der Waals surface area contributed by atoms with Crippen molar-refractivity contribution in [1.29, 1.82) is 0 Å². The molecule has 0 radical (unpaired) electrons. The van der Waals surface area contributed by atoms with Crippen molar-refractivity contribution in [2.24, 2.45) is 0 Å². The topological polar surface area (TPSA) is 21.7 Å². The van der Waals surface area contributed by atoms with Gasteiger partial charge in [-0.2, -0.15) is 0 Å². The number of likely N-dealkylation sites (N-methyl/N-ethyl adjacent to an activating group) is 1. The van der Waals surface area contributed by atoms with Gasteiger partial charge in [-0.15, -0.1) is 11.3 Å². The second kappa shape index (κ2) is 5.54. The van der Waals surface area contributed by atoms with Crippen molar-refractivity contribution >= 4 is 11.3 Å². The smallest absolute Gasteiger partial charge is 0.193 e. The second-order valence-electron chi connectivity index (χ2n) is 5.75. The summed E-state index contributed by atoms with van der Waals surface area (Å²) in [7, 11) is 2.18. The van der Waals surface area contributed by atoms with Crippen LogP contribution in [0.2, 0.25) is 0 Å². The van der Waals surface area contributed by atoms with Gasteiger partial charge < -0.3 is 14.4 Å². The molecule has 1 aromatic heterocycles. The average molecular weight is 301 g/mol. The van der Waals surface area contributed by atoms with E-state index >= 15 is 0 Å². The molecule has 2 aliphatic heterocycles. The second-order valence-corrected chi connectivity index (χ2v) is 6.86. The molecule has 0 unspecified atom stereocenters. The van der Waals surface area contributed by atoms with Crippen molar-refractivity contribution in [2.45, 2.75) is 19.3 Å². The van der Waals surface area contributed by atoms with Gasteiger partial charge in [-0.05, 0) is 48.4 Å². The van der Waals surface area contributed by atoms with Crippen LogP contribution in [0.5, 0.6) is 0 Å². The summed E-state index contributed by atoms with van der Waals surface area (Å²) in [5, 5.41) is 0. The minimum Gasteiger partial charge on any atom is -0.345 e. The molecule has 3 heterocycles. The van der Waals surface area contributed by atoms with Crippen LogP contribution in [-0.4, -0.2) is 31.7 Å². The van der Waals surface area contributed by atoms with Crippen LogP contribution in [-0.2, 0) is 22.4 Å². The Balaban J connectivity index is 1.61. The number of ether oxygens (including phenoxy) is 2. The Morgan fingerprint density at radius 2 is 1.95 bits per heavy atom. The van der Waals surface area contributed by atoms with Gasteiger partial charge in [-0.3, -0.25) is 0 Å². The van der Waals surface area contributed by atoms with E-state index in [2.05, 4.69) is 42.3 Å². The standard InChI is InChI=1S/C17H19NO2S/c1-18-7-6-12-10-13(2-3-14(12)11-18)15-4-5-16(21-15)17-19-8-9-20-17/h2-5,10,17H,6-9,11H2,1H3. The van der Waals surface area contributed by atoms with Crippen molar-refractivity contribution in [3.63, 3.8) is 0 Å². The molecular formula is C17H19NO2S. The molecule has 1 aromatic carbocycles. The zero-order valence-corrected chi connectivity index (χ0v) is 13.0. The summed E-state index contributed by atoms with van der Waals surface area (Å²) in [6, 6.07) is 11.2. The lowest BCUT2D eigenvalue weighted by Gasteiger charge is -2.25. The Morgan fingerprint density at radius 3 is 2.81 bits per heavy atom. The molecule has 1 fully saturated rings. The van der Waals surface area contributed by atoms with E-state index in [0.717, 1.165) is 19.5 Å². The number of rotatable bonds is 2. The minimum absolute atomic E-state index is 0.157. The third-order valence-corrected chi connectivity index (χ3v) is 5.33. The highest BCUT2D eigenvalue weighted by atomic mass is 32.1. The summed E-state index contributed by atoms with van der Waals surface area (Å²) in [5.41, 5.74) is 4.27.